The number of halogens is 3. The molecule has 1 aromatic heterocycles. The van der Waals surface area contributed by atoms with Gasteiger partial charge in [0, 0.05) is 17.4 Å². The minimum Gasteiger partial charge on any atom is -0.343 e. The number of nitrogens with one attached hydrogen (secondary N) is 1. The van der Waals surface area contributed by atoms with E-state index in [4.69, 9.17) is 4.74 Å². The minimum atomic E-state index is -3.29. The molecule has 25 heavy (non-hydrogen) atoms. The van der Waals surface area contributed by atoms with E-state index in [1.807, 2.05) is 30.3 Å². The van der Waals surface area contributed by atoms with Gasteiger partial charge in [-0.2, -0.15) is 8.78 Å². The zero-order valence-corrected chi connectivity index (χ0v) is 16.2. The summed E-state index contributed by atoms with van der Waals surface area (Å²) in [6, 6.07) is 11.3. The first kappa shape index (κ1) is 18.7. The Kier molecular flexibility index (Phi) is 5.43. The van der Waals surface area contributed by atoms with Crippen molar-refractivity contribution in [2.75, 3.05) is 6.61 Å². The third-order valence-corrected chi connectivity index (χ3v) is 5.74. The summed E-state index contributed by atoms with van der Waals surface area (Å²) in [6.45, 7) is 3.78. The quantitative estimate of drug-likeness (QED) is 0.573. The van der Waals surface area contributed by atoms with Crippen LogP contribution in [-0.2, 0) is 11.2 Å². The molecule has 4 nitrogen and oxygen atoms in total. The molecule has 1 aliphatic heterocycles. The summed E-state index contributed by atoms with van der Waals surface area (Å²) < 4.78 is 34.2. The van der Waals surface area contributed by atoms with Gasteiger partial charge in [0.05, 0.1) is 6.61 Å². The average Bonchev–Trinajstić information content (AvgIpc) is 2.91. The maximum Gasteiger partial charge on any atom is 0.353 e. The van der Waals surface area contributed by atoms with Crippen LogP contribution in [0.2, 0.25) is 0 Å². The maximum absolute atomic E-state index is 14.3. The van der Waals surface area contributed by atoms with Gasteiger partial charge in [-0.3, -0.25) is 5.32 Å². The van der Waals surface area contributed by atoms with Gasteiger partial charge in [-0.1, -0.05) is 30.3 Å². The highest BCUT2D eigenvalue weighted by molar-refractivity contribution is 9.10. The van der Waals surface area contributed by atoms with Gasteiger partial charge in [-0.25, -0.2) is 9.97 Å². The van der Waals surface area contributed by atoms with Crippen LogP contribution in [0.15, 0.2) is 41.6 Å². The fourth-order valence-electron chi connectivity index (χ4n) is 2.73. The first-order valence-corrected chi connectivity index (χ1v) is 9.42. The van der Waals surface area contributed by atoms with Crippen molar-refractivity contribution < 1.29 is 13.5 Å². The molecule has 2 aromatic rings. The molecule has 0 saturated carbocycles. The summed E-state index contributed by atoms with van der Waals surface area (Å²) in [5.41, 5.74) is 2.51. The lowest BCUT2D eigenvalue weighted by Gasteiger charge is -2.31. The number of aromatic nitrogens is 2. The summed E-state index contributed by atoms with van der Waals surface area (Å²) in [5.74, 6) is 0. The summed E-state index contributed by atoms with van der Waals surface area (Å²) >= 11 is 3.27. The Labute approximate surface area is 157 Å². The number of nitrogens with zero attached hydrogens (tertiary/aromatic N) is 2. The van der Waals surface area contributed by atoms with Gasteiger partial charge in [0.25, 0.3) is 5.06 Å². The Hall–Kier alpha value is -1.09. The molecule has 1 aliphatic rings. The van der Waals surface area contributed by atoms with E-state index in [1.165, 1.54) is 0 Å². The van der Waals surface area contributed by atoms with E-state index in [-0.39, 0.29) is 17.8 Å². The zero-order valence-electron chi connectivity index (χ0n) is 13.8. The van der Waals surface area contributed by atoms with Crippen molar-refractivity contribution in [1.82, 2.24) is 15.3 Å². The highest BCUT2D eigenvalue weighted by Crippen LogP contribution is 2.48. The van der Waals surface area contributed by atoms with Crippen molar-refractivity contribution in [3.05, 3.63) is 53.3 Å². The third kappa shape index (κ3) is 4.36. The number of thioether (sulfide) groups is 1. The zero-order chi connectivity index (χ0) is 18.1. The molecule has 2 unspecified atom stereocenters. The molecule has 0 spiro atoms. The van der Waals surface area contributed by atoms with Crippen LogP contribution in [0.1, 0.15) is 17.0 Å². The first-order chi connectivity index (χ1) is 11.8. The predicted octanol–water partition coefficient (Wildman–Crippen LogP) is 4.06. The average molecular weight is 430 g/mol. The van der Waals surface area contributed by atoms with Crippen molar-refractivity contribution >= 4 is 27.7 Å². The highest BCUT2D eigenvalue weighted by atomic mass is 79.9. The van der Waals surface area contributed by atoms with E-state index in [0.29, 0.717) is 6.42 Å². The van der Waals surface area contributed by atoms with Crippen LogP contribution in [0.4, 0.5) is 8.78 Å². The molecule has 2 heterocycles. The normalized spacial score (nSPS) is 23.8. The molecule has 3 rings (SSSR count). The Balaban J connectivity index is 1.81. The van der Waals surface area contributed by atoms with Crippen LogP contribution in [0.3, 0.4) is 0 Å². The van der Waals surface area contributed by atoms with Gasteiger partial charge in [0.15, 0.2) is 5.16 Å². The summed E-state index contributed by atoms with van der Waals surface area (Å²) in [4.78, 5) is 5.19. The van der Waals surface area contributed by atoms with Gasteiger partial charge in [0.1, 0.15) is 0 Å². The first-order valence-electron chi connectivity index (χ1n) is 7.81. The number of hydrogen-bond donors (Lipinski definition) is 1. The smallest absolute Gasteiger partial charge is 0.343 e. The largest absolute Gasteiger partial charge is 0.353 e. The summed E-state index contributed by atoms with van der Waals surface area (Å²) in [7, 11) is 0. The lowest BCUT2D eigenvalue weighted by molar-refractivity contribution is -0.0766. The molecule has 134 valence electrons. The topological polar surface area (TPSA) is 47.0 Å². The van der Waals surface area contributed by atoms with Crippen molar-refractivity contribution in [3.8, 4) is 0 Å². The highest BCUT2D eigenvalue weighted by Gasteiger charge is 2.59. The number of rotatable bonds is 5. The van der Waals surface area contributed by atoms with Crippen LogP contribution in [0.5, 0.6) is 0 Å². The standard InChI is InChI=1S/C17H18BrF2N3OS/c1-11-8-12(2)22-15(21-11)25-17(16(18,19)20)23-14(10-24-17)9-13-6-4-3-5-7-13/h3-8,14,23H,9-10H2,1-2H3. The maximum atomic E-state index is 14.3. The van der Waals surface area contributed by atoms with Gasteiger partial charge < -0.3 is 4.74 Å². The van der Waals surface area contributed by atoms with E-state index in [9.17, 15) is 8.78 Å². The van der Waals surface area contributed by atoms with Crippen LogP contribution in [0.25, 0.3) is 0 Å². The van der Waals surface area contributed by atoms with Gasteiger partial charge in [0.2, 0.25) is 0 Å². The van der Waals surface area contributed by atoms with Crippen molar-refractivity contribution in [2.24, 2.45) is 0 Å². The predicted molar refractivity (Wildman–Crippen MR) is 97.0 cm³/mol. The fourth-order valence-corrected chi connectivity index (χ4v) is 4.30. The Morgan fingerprint density at radius 3 is 2.52 bits per heavy atom. The molecule has 2 atom stereocenters. The minimum absolute atomic E-state index is 0.174. The molecule has 1 aromatic carbocycles. The molecule has 0 bridgehead atoms. The van der Waals surface area contributed by atoms with E-state index in [0.717, 1.165) is 28.7 Å². The van der Waals surface area contributed by atoms with Crippen LogP contribution < -0.4 is 5.32 Å². The monoisotopic (exact) mass is 429 g/mol. The molecule has 8 heteroatoms. The second kappa shape index (κ2) is 7.26. The molecule has 1 fully saturated rings. The fraction of sp³-hybridized carbons (Fsp3) is 0.412. The Morgan fingerprint density at radius 2 is 1.92 bits per heavy atom. The molecular formula is C17H18BrF2N3OS. The Morgan fingerprint density at radius 1 is 1.28 bits per heavy atom. The lowest BCUT2D eigenvalue weighted by atomic mass is 10.1. The molecule has 1 saturated heterocycles. The second-order valence-electron chi connectivity index (χ2n) is 5.99. The third-order valence-electron chi connectivity index (χ3n) is 3.78. The van der Waals surface area contributed by atoms with Crippen LogP contribution in [-0.4, -0.2) is 32.5 Å². The summed E-state index contributed by atoms with van der Waals surface area (Å²) in [5, 5.41) is 1.25. The van der Waals surface area contributed by atoms with Gasteiger partial charge >= 0.3 is 4.83 Å². The van der Waals surface area contributed by atoms with Gasteiger partial charge in [-0.05, 0) is 59.6 Å². The van der Waals surface area contributed by atoms with Crippen LogP contribution >= 0.6 is 27.7 Å². The van der Waals surface area contributed by atoms with E-state index < -0.39 is 9.89 Å². The molecule has 0 radical (unpaired) electrons. The van der Waals surface area contributed by atoms with Crippen molar-refractivity contribution in [2.45, 2.75) is 41.4 Å². The number of ether oxygens (including phenoxy) is 1. The van der Waals surface area contributed by atoms with Crippen molar-refractivity contribution in [3.63, 3.8) is 0 Å². The van der Waals surface area contributed by atoms with Crippen LogP contribution in [0, 0.1) is 13.8 Å². The number of benzene rings is 1. The van der Waals surface area contributed by atoms with E-state index >= 15 is 0 Å². The molecule has 1 N–H and O–H groups in total. The lowest BCUT2D eigenvalue weighted by Crippen LogP contribution is -2.52. The van der Waals surface area contributed by atoms with Gasteiger partial charge in [-0.15, -0.1) is 0 Å². The second-order valence-corrected chi connectivity index (χ2v) is 8.13. The van der Waals surface area contributed by atoms with E-state index in [2.05, 4.69) is 31.2 Å². The summed E-state index contributed by atoms with van der Waals surface area (Å²) in [6.07, 6.45) is 0.597. The number of alkyl halides is 3. The number of hydrogen-bond acceptors (Lipinski definition) is 5. The SMILES string of the molecule is Cc1cc(C)nc(SC2(C(F)(F)Br)NC(Cc3ccccc3)CO2)n1. The molecular weight excluding hydrogens is 412 g/mol. The Bertz CT molecular complexity index is 724. The molecule has 0 aliphatic carbocycles. The number of aryl methyl sites for hydroxylation is 2. The molecule has 0 amide bonds. The van der Waals surface area contributed by atoms with Crippen molar-refractivity contribution in [1.29, 1.82) is 0 Å². The van der Waals surface area contributed by atoms with E-state index in [1.54, 1.807) is 19.9 Å².